The molecule has 0 radical (unpaired) electrons. The molecule has 0 fully saturated rings. The van der Waals surface area contributed by atoms with Crippen molar-refractivity contribution in [1.82, 2.24) is 4.57 Å². The van der Waals surface area contributed by atoms with Crippen molar-refractivity contribution in [2.24, 2.45) is 0 Å². The van der Waals surface area contributed by atoms with Crippen LogP contribution in [-0.2, 0) is 6.54 Å². The zero-order chi connectivity index (χ0) is 12.6. The van der Waals surface area contributed by atoms with Crippen LogP contribution in [0, 0.1) is 0 Å². The number of hydrogen-bond donors (Lipinski definition) is 2. The van der Waals surface area contributed by atoms with Gasteiger partial charge in [0.15, 0.2) is 5.75 Å². The van der Waals surface area contributed by atoms with E-state index in [1.54, 1.807) is 18.2 Å². The second-order valence-corrected chi connectivity index (χ2v) is 3.71. The lowest BCUT2D eigenvalue weighted by Crippen LogP contribution is -2.20. The summed E-state index contributed by atoms with van der Waals surface area (Å²) in [6.07, 6.45) is 0. The summed E-state index contributed by atoms with van der Waals surface area (Å²) in [7, 11) is 1.42. The monoisotopic (exact) mass is 234 g/mol. The molecule has 5 nitrogen and oxygen atoms in total. The predicted octanol–water partition coefficient (Wildman–Crippen LogP) is 1.32. The largest absolute Gasteiger partial charge is 0.500 e. The number of aryl methyl sites for hydroxylation is 1. The lowest BCUT2D eigenvalue weighted by Gasteiger charge is -2.13. The molecule has 1 aromatic carbocycles. The highest BCUT2D eigenvalue weighted by atomic mass is 16.5. The molecule has 90 valence electrons. The number of anilines is 1. The predicted molar refractivity (Wildman–Crippen MR) is 66.5 cm³/mol. The van der Waals surface area contributed by atoms with Crippen LogP contribution in [0.2, 0.25) is 0 Å². The van der Waals surface area contributed by atoms with Gasteiger partial charge in [-0.2, -0.15) is 0 Å². The molecule has 3 N–H and O–H groups in total. The Labute approximate surface area is 98.0 Å². The van der Waals surface area contributed by atoms with E-state index >= 15 is 0 Å². The van der Waals surface area contributed by atoms with Crippen molar-refractivity contribution in [1.29, 1.82) is 0 Å². The van der Waals surface area contributed by atoms with Gasteiger partial charge in [-0.15, -0.1) is 0 Å². The zero-order valence-corrected chi connectivity index (χ0v) is 9.73. The quantitative estimate of drug-likeness (QED) is 0.768. The van der Waals surface area contributed by atoms with Crippen LogP contribution in [0.25, 0.3) is 10.9 Å². The SMILES string of the molecule is CCn1c(=O)c(O)c(OC)c2ccc(N)cc21. The molecule has 0 bridgehead atoms. The number of pyridine rings is 1. The van der Waals surface area contributed by atoms with Crippen LogP contribution in [0.4, 0.5) is 5.69 Å². The van der Waals surface area contributed by atoms with Gasteiger partial charge in [0.25, 0.3) is 5.56 Å². The molecule has 17 heavy (non-hydrogen) atoms. The first kappa shape index (κ1) is 11.3. The number of nitrogens with zero attached hydrogens (tertiary/aromatic N) is 1. The normalized spacial score (nSPS) is 10.7. The van der Waals surface area contributed by atoms with Gasteiger partial charge in [0, 0.05) is 17.6 Å². The first-order chi connectivity index (χ1) is 8.10. The molecule has 0 spiro atoms. The van der Waals surface area contributed by atoms with Gasteiger partial charge in [0.1, 0.15) is 0 Å². The third kappa shape index (κ3) is 1.60. The van der Waals surface area contributed by atoms with Crippen LogP contribution in [0.5, 0.6) is 11.5 Å². The minimum atomic E-state index is -0.470. The Hall–Kier alpha value is -2.17. The first-order valence-electron chi connectivity index (χ1n) is 5.29. The third-order valence-corrected chi connectivity index (χ3v) is 2.74. The van der Waals surface area contributed by atoms with Crippen molar-refractivity contribution >= 4 is 16.6 Å². The maximum Gasteiger partial charge on any atom is 0.297 e. The Kier molecular flexibility index (Phi) is 2.67. The third-order valence-electron chi connectivity index (χ3n) is 2.74. The van der Waals surface area contributed by atoms with E-state index in [4.69, 9.17) is 10.5 Å². The van der Waals surface area contributed by atoms with Crippen molar-refractivity contribution in [2.45, 2.75) is 13.5 Å². The van der Waals surface area contributed by atoms with E-state index in [0.29, 0.717) is 23.1 Å². The van der Waals surface area contributed by atoms with E-state index in [1.807, 2.05) is 6.92 Å². The molecule has 0 aliphatic rings. The van der Waals surface area contributed by atoms with E-state index in [-0.39, 0.29) is 11.5 Å². The summed E-state index contributed by atoms with van der Waals surface area (Å²) in [4.78, 5) is 11.9. The molecule has 2 aromatic rings. The van der Waals surface area contributed by atoms with Crippen molar-refractivity contribution in [2.75, 3.05) is 12.8 Å². The highest BCUT2D eigenvalue weighted by Crippen LogP contribution is 2.32. The number of aromatic nitrogens is 1. The molecule has 0 unspecified atom stereocenters. The molecule has 0 saturated carbocycles. The lowest BCUT2D eigenvalue weighted by molar-refractivity contribution is 0.371. The summed E-state index contributed by atoms with van der Waals surface area (Å²) in [5.41, 5.74) is 6.46. The van der Waals surface area contributed by atoms with Gasteiger partial charge in [-0.05, 0) is 25.1 Å². The van der Waals surface area contributed by atoms with Gasteiger partial charge >= 0.3 is 0 Å². The Morgan fingerprint density at radius 2 is 2.18 bits per heavy atom. The van der Waals surface area contributed by atoms with Crippen LogP contribution < -0.4 is 16.0 Å². The highest BCUT2D eigenvalue weighted by Gasteiger charge is 2.15. The van der Waals surface area contributed by atoms with E-state index in [0.717, 1.165) is 0 Å². The number of fused-ring (bicyclic) bond motifs is 1. The minimum absolute atomic E-state index is 0.190. The van der Waals surface area contributed by atoms with Crippen LogP contribution in [0.1, 0.15) is 6.92 Å². The average Bonchev–Trinajstić information content (AvgIpc) is 2.32. The van der Waals surface area contributed by atoms with Crippen LogP contribution in [-0.4, -0.2) is 16.8 Å². The fraction of sp³-hybridized carbons (Fsp3) is 0.250. The van der Waals surface area contributed by atoms with Crippen LogP contribution in [0.15, 0.2) is 23.0 Å². The summed E-state index contributed by atoms with van der Waals surface area (Å²) in [6, 6.07) is 5.13. The Morgan fingerprint density at radius 1 is 1.47 bits per heavy atom. The average molecular weight is 234 g/mol. The van der Waals surface area contributed by atoms with E-state index < -0.39 is 5.56 Å². The minimum Gasteiger partial charge on any atom is -0.500 e. The smallest absolute Gasteiger partial charge is 0.297 e. The summed E-state index contributed by atoms with van der Waals surface area (Å²) in [5, 5.41) is 10.5. The molecule has 0 aliphatic carbocycles. The summed E-state index contributed by atoms with van der Waals surface area (Å²) < 4.78 is 6.54. The molecule has 1 heterocycles. The second-order valence-electron chi connectivity index (χ2n) is 3.71. The van der Waals surface area contributed by atoms with Crippen molar-refractivity contribution in [3.8, 4) is 11.5 Å². The number of ether oxygens (including phenoxy) is 1. The second kappa shape index (κ2) is 4.01. The summed E-state index contributed by atoms with van der Waals surface area (Å²) in [5.74, 6) is -0.179. The standard InChI is InChI=1S/C12H14N2O3/c1-3-14-9-6-7(13)4-5-8(9)11(17-2)10(15)12(14)16/h4-6,15H,3,13H2,1-2H3. The van der Waals surface area contributed by atoms with Gasteiger partial charge in [-0.25, -0.2) is 0 Å². The molecule has 0 amide bonds. The lowest BCUT2D eigenvalue weighted by atomic mass is 10.1. The maximum atomic E-state index is 11.9. The van der Waals surface area contributed by atoms with Gasteiger partial charge in [-0.1, -0.05) is 0 Å². The van der Waals surface area contributed by atoms with Gasteiger partial charge in [-0.3, -0.25) is 4.79 Å². The molecule has 1 aromatic heterocycles. The van der Waals surface area contributed by atoms with Crippen LogP contribution in [0.3, 0.4) is 0 Å². The molecular weight excluding hydrogens is 220 g/mol. The number of benzene rings is 1. The fourth-order valence-corrected chi connectivity index (χ4v) is 1.95. The van der Waals surface area contributed by atoms with E-state index in [1.165, 1.54) is 11.7 Å². The number of hydrogen-bond acceptors (Lipinski definition) is 4. The van der Waals surface area contributed by atoms with Crippen molar-refractivity contribution in [3.05, 3.63) is 28.6 Å². The fourth-order valence-electron chi connectivity index (χ4n) is 1.95. The van der Waals surface area contributed by atoms with E-state index in [9.17, 15) is 9.90 Å². The Morgan fingerprint density at radius 3 is 2.76 bits per heavy atom. The Balaban J connectivity index is 3.02. The molecule has 2 rings (SSSR count). The Bertz CT molecular complexity index is 632. The topological polar surface area (TPSA) is 77.5 Å². The summed E-state index contributed by atoms with van der Waals surface area (Å²) >= 11 is 0. The van der Waals surface area contributed by atoms with Crippen LogP contribution >= 0.6 is 0 Å². The molecule has 0 aliphatic heterocycles. The molecule has 0 atom stereocenters. The number of nitrogens with two attached hydrogens (primary N) is 1. The zero-order valence-electron chi connectivity index (χ0n) is 9.73. The number of methoxy groups -OCH3 is 1. The van der Waals surface area contributed by atoms with Crippen molar-refractivity contribution < 1.29 is 9.84 Å². The highest BCUT2D eigenvalue weighted by molar-refractivity contribution is 5.89. The van der Waals surface area contributed by atoms with Gasteiger partial charge in [0.05, 0.1) is 12.6 Å². The first-order valence-corrected chi connectivity index (χ1v) is 5.29. The number of aromatic hydroxyl groups is 1. The van der Waals surface area contributed by atoms with E-state index in [2.05, 4.69) is 0 Å². The number of rotatable bonds is 2. The van der Waals surface area contributed by atoms with Gasteiger partial charge in [0.2, 0.25) is 5.75 Å². The molecule has 5 heteroatoms. The number of nitrogen functional groups attached to an aromatic ring is 1. The van der Waals surface area contributed by atoms with Crippen molar-refractivity contribution in [3.63, 3.8) is 0 Å². The molecular formula is C12H14N2O3. The maximum absolute atomic E-state index is 11.9. The summed E-state index contributed by atoms with van der Waals surface area (Å²) in [6.45, 7) is 2.28. The van der Waals surface area contributed by atoms with Gasteiger partial charge < -0.3 is 20.1 Å². The molecule has 0 saturated heterocycles.